The minimum Gasteiger partial charge on any atom is -0.478 e. The molecule has 0 atom stereocenters. The molecular weight excluding hydrogens is 587 g/mol. The van der Waals surface area contributed by atoms with Gasteiger partial charge in [-0.25, -0.2) is 4.79 Å². The van der Waals surface area contributed by atoms with Crippen LogP contribution in [0.3, 0.4) is 0 Å². The van der Waals surface area contributed by atoms with Gasteiger partial charge in [0.15, 0.2) is 0 Å². The number of nitrogens with two attached hydrogens (primary N) is 1. The van der Waals surface area contributed by atoms with Crippen LogP contribution in [0.4, 0.5) is 13.2 Å². The van der Waals surface area contributed by atoms with E-state index in [4.69, 9.17) is 26.2 Å². The summed E-state index contributed by atoms with van der Waals surface area (Å²) in [6, 6.07) is 13.5. The average Bonchev–Trinajstić information content (AvgIpc) is 3.56. The molecule has 7 N–H and O–H groups in total. The number of carboxylic acids is 1. The van der Waals surface area contributed by atoms with Crippen molar-refractivity contribution in [1.82, 2.24) is 9.88 Å². The number of halogens is 3. The van der Waals surface area contributed by atoms with Gasteiger partial charge in [-0.2, -0.15) is 13.2 Å². The summed E-state index contributed by atoms with van der Waals surface area (Å²) in [6.45, 7) is 1.00. The molecule has 1 fully saturated rings. The molecule has 4 aromatic rings. The van der Waals surface area contributed by atoms with E-state index in [1.54, 1.807) is 12.1 Å². The number of aryl methyl sites for hydroxylation is 1. The van der Waals surface area contributed by atoms with E-state index in [-0.39, 0.29) is 11.5 Å². The van der Waals surface area contributed by atoms with Crippen molar-refractivity contribution in [3.63, 3.8) is 0 Å². The van der Waals surface area contributed by atoms with E-state index in [0.717, 1.165) is 45.6 Å². The minimum atomic E-state index is -4.39. The molecule has 0 bridgehead atoms. The van der Waals surface area contributed by atoms with Crippen LogP contribution in [0.2, 0.25) is 0 Å². The Morgan fingerprint density at radius 1 is 0.977 bits per heavy atom. The molecule has 0 radical (unpaired) electrons. The number of benzene rings is 2. The fourth-order valence-electron chi connectivity index (χ4n) is 4.55. The van der Waals surface area contributed by atoms with Gasteiger partial charge in [-0.05, 0) is 61.2 Å². The Labute approximate surface area is 249 Å². The lowest BCUT2D eigenvalue weighted by Gasteiger charge is -2.20. The third-order valence-electron chi connectivity index (χ3n) is 7.37. The molecular formula is C30H32F3N3O6S. The van der Waals surface area contributed by atoms with Gasteiger partial charge >= 0.3 is 12.1 Å². The second-order valence-corrected chi connectivity index (χ2v) is 11.9. The number of carbonyl (C=O) groups excluding carboxylic acids is 1. The SMILES string of the molecule is Cc1sc2ccn(Cc3ccc(C(F)(F)F)cc3)c2c1C(=O)NC1(c2ccc(C(=O)O)cc2)CC1.NC(CO)(CO)CO. The number of aromatic carboxylic acids is 1. The number of hydrogen-bond donors (Lipinski definition) is 6. The lowest BCUT2D eigenvalue weighted by Crippen LogP contribution is -2.50. The molecule has 43 heavy (non-hydrogen) atoms. The van der Waals surface area contributed by atoms with Gasteiger partial charge < -0.3 is 36.0 Å². The zero-order valence-corrected chi connectivity index (χ0v) is 24.0. The van der Waals surface area contributed by atoms with E-state index in [2.05, 4.69) is 5.32 Å². The van der Waals surface area contributed by atoms with Crippen LogP contribution in [0.25, 0.3) is 10.2 Å². The van der Waals surface area contributed by atoms with Crippen molar-refractivity contribution < 1.29 is 43.2 Å². The number of amides is 1. The van der Waals surface area contributed by atoms with Crippen molar-refractivity contribution >= 4 is 33.4 Å². The molecule has 230 valence electrons. The monoisotopic (exact) mass is 619 g/mol. The highest BCUT2D eigenvalue weighted by molar-refractivity contribution is 7.19. The molecule has 0 aliphatic heterocycles. The topological polar surface area (TPSA) is 158 Å². The van der Waals surface area contributed by atoms with Crippen LogP contribution in [-0.4, -0.2) is 62.2 Å². The van der Waals surface area contributed by atoms with Crippen molar-refractivity contribution in [1.29, 1.82) is 0 Å². The van der Waals surface area contributed by atoms with Gasteiger partial charge in [-0.15, -0.1) is 11.3 Å². The van der Waals surface area contributed by atoms with Gasteiger partial charge in [0, 0.05) is 17.6 Å². The third kappa shape index (κ3) is 7.08. The summed E-state index contributed by atoms with van der Waals surface area (Å²) in [5.74, 6) is -1.23. The molecule has 2 aromatic heterocycles. The summed E-state index contributed by atoms with van der Waals surface area (Å²) in [7, 11) is 0. The predicted molar refractivity (Wildman–Crippen MR) is 155 cm³/mol. The van der Waals surface area contributed by atoms with E-state index >= 15 is 0 Å². The molecule has 2 heterocycles. The summed E-state index contributed by atoms with van der Waals surface area (Å²) < 4.78 is 41.5. The number of aromatic nitrogens is 1. The number of nitrogens with zero attached hydrogens (tertiary/aromatic N) is 1. The normalized spacial score (nSPS) is 14.2. The summed E-state index contributed by atoms with van der Waals surface area (Å²) in [4.78, 5) is 25.5. The molecule has 0 saturated heterocycles. The largest absolute Gasteiger partial charge is 0.478 e. The predicted octanol–water partition coefficient (Wildman–Crippen LogP) is 3.86. The van der Waals surface area contributed by atoms with Crippen molar-refractivity contribution in [3.05, 3.63) is 93.5 Å². The van der Waals surface area contributed by atoms with Gasteiger partial charge in [0.1, 0.15) is 0 Å². The molecule has 5 rings (SSSR count). The zero-order valence-electron chi connectivity index (χ0n) is 23.2. The fourth-order valence-corrected chi connectivity index (χ4v) is 5.62. The quantitative estimate of drug-likeness (QED) is 0.166. The van der Waals surface area contributed by atoms with Crippen LogP contribution < -0.4 is 11.1 Å². The molecule has 9 nitrogen and oxygen atoms in total. The van der Waals surface area contributed by atoms with E-state index in [0.29, 0.717) is 17.7 Å². The van der Waals surface area contributed by atoms with Crippen LogP contribution in [0.5, 0.6) is 0 Å². The van der Waals surface area contributed by atoms with Crippen molar-refractivity contribution in [2.75, 3.05) is 19.8 Å². The minimum absolute atomic E-state index is 0.187. The van der Waals surface area contributed by atoms with E-state index in [9.17, 15) is 22.8 Å². The van der Waals surface area contributed by atoms with Crippen molar-refractivity contribution in [2.24, 2.45) is 5.73 Å². The number of thiophene rings is 1. The standard InChI is InChI=1S/C26H21F3N2O3S.C4H11NO3/c1-15-21(23(32)30-25(11-12-25)18-8-4-17(5-9-18)24(33)34)22-20(35-15)10-13-31(22)14-16-2-6-19(7-3-16)26(27,28)29;5-4(1-6,2-7)3-8/h2-10,13H,11-12,14H2,1H3,(H,30,32)(H,33,34);6-8H,1-3,5H2. The Morgan fingerprint density at radius 3 is 2.02 bits per heavy atom. The van der Waals surface area contributed by atoms with Crippen molar-refractivity contribution in [2.45, 2.75) is 43.6 Å². The van der Waals surface area contributed by atoms with Gasteiger partial charge in [0.25, 0.3) is 5.91 Å². The maximum Gasteiger partial charge on any atom is 0.416 e. The highest BCUT2D eigenvalue weighted by atomic mass is 32.1. The highest BCUT2D eigenvalue weighted by Crippen LogP contribution is 2.46. The summed E-state index contributed by atoms with van der Waals surface area (Å²) in [5, 5.41) is 37.3. The van der Waals surface area contributed by atoms with Crippen LogP contribution in [-0.2, 0) is 18.3 Å². The fraction of sp³-hybridized carbons (Fsp3) is 0.333. The first-order chi connectivity index (χ1) is 20.3. The van der Waals surface area contributed by atoms with Gasteiger partial charge in [0.2, 0.25) is 0 Å². The number of aliphatic hydroxyl groups excluding tert-OH is 3. The summed E-state index contributed by atoms with van der Waals surface area (Å²) in [6.07, 6.45) is -1.04. The zero-order chi connectivity index (χ0) is 31.6. The molecule has 2 aromatic carbocycles. The smallest absolute Gasteiger partial charge is 0.416 e. The summed E-state index contributed by atoms with van der Waals surface area (Å²) >= 11 is 1.50. The lowest BCUT2D eigenvalue weighted by molar-refractivity contribution is -0.137. The van der Waals surface area contributed by atoms with Crippen LogP contribution in [0, 0.1) is 6.92 Å². The second-order valence-electron chi connectivity index (χ2n) is 10.6. The molecule has 1 amide bonds. The molecule has 0 spiro atoms. The Bertz CT molecular complexity index is 1580. The first-order valence-corrected chi connectivity index (χ1v) is 14.1. The van der Waals surface area contributed by atoms with Crippen molar-refractivity contribution in [3.8, 4) is 0 Å². The number of aliphatic hydroxyl groups is 3. The molecule has 0 unspecified atom stereocenters. The maximum absolute atomic E-state index is 13.5. The van der Waals surface area contributed by atoms with E-state index in [1.165, 1.54) is 35.6 Å². The van der Waals surface area contributed by atoms with Crippen LogP contribution >= 0.6 is 11.3 Å². The van der Waals surface area contributed by atoms with E-state index in [1.807, 2.05) is 23.8 Å². The van der Waals surface area contributed by atoms with Crippen LogP contribution in [0.1, 0.15) is 55.1 Å². The highest BCUT2D eigenvalue weighted by Gasteiger charge is 2.46. The average molecular weight is 620 g/mol. The third-order valence-corrected chi connectivity index (χ3v) is 8.43. The van der Waals surface area contributed by atoms with Gasteiger partial charge in [-0.1, -0.05) is 24.3 Å². The second kappa shape index (κ2) is 12.5. The number of alkyl halides is 3. The number of hydrogen-bond acceptors (Lipinski definition) is 7. The maximum atomic E-state index is 13.5. The molecule has 13 heteroatoms. The first-order valence-electron chi connectivity index (χ1n) is 13.3. The summed E-state index contributed by atoms with van der Waals surface area (Å²) in [5.41, 5.74) is 5.76. The van der Waals surface area contributed by atoms with Gasteiger partial charge in [-0.3, -0.25) is 4.79 Å². The molecule has 1 aliphatic carbocycles. The number of rotatable bonds is 9. The van der Waals surface area contributed by atoms with E-state index < -0.39 is 48.6 Å². The van der Waals surface area contributed by atoms with Gasteiger partial charge in [0.05, 0.1) is 57.8 Å². The Morgan fingerprint density at radius 2 is 1.56 bits per heavy atom. The number of nitrogens with one attached hydrogen (secondary N) is 1. The van der Waals surface area contributed by atoms with Crippen LogP contribution in [0.15, 0.2) is 60.8 Å². The molecule has 1 aliphatic rings. The Kier molecular flexibility index (Phi) is 9.33. The Balaban J connectivity index is 0.000000467. The number of carboxylic acid groups (broad SMARTS) is 1. The number of fused-ring (bicyclic) bond motifs is 1. The molecule has 1 saturated carbocycles. The first kappa shape index (κ1) is 32.2. The number of carbonyl (C=O) groups is 2. The lowest BCUT2D eigenvalue weighted by atomic mass is 10.0. The Hall–Kier alpha value is -3.75.